The van der Waals surface area contributed by atoms with Crippen LogP contribution in [0.25, 0.3) is 0 Å². The van der Waals surface area contributed by atoms with Gasteiger partial charge in [0.2, 0.25) is 0 Å². The third-order valence-corrected chi connectivity index (χ3v) is 3.56. The number of hydrogen-bond acceptors (Lipinski definition) is 2. The van der Waals surface area contributed by atoms with Crippen molar-refractivity contribution in [1.82, 2.24) is 0 Å². The first-order valence-corrected chi connectivity index (χ1v) is 6.48. The molecule has 0 aliphatic heterocycles. The zero-order chi connectivity index (χ0) is 12.3. The number of ketones is 1. The lowest BCUT2D eigenvalue weighted by Crippen LogP contribution is -2.20. The molecule has 2 rings (SSSR count). The van der Waals surface area contributed by atoms with Crippen LogP contribution in [-0.2, 0) is 4.74 Å². The topological polar surface area (TPSA) is 26.3 Å². The van der Waals surface area contributed by atoms with Crippen LogP contribution in [0.4, 0.5) is 0 Å². The van der Waals surface area contributed by atoms with E-state index < -0.39 is 0 Å². The zero-order valence-electron chi connectivity index (χ0n) is 10.6. The maximum atomic E-state index is 12.0. The SMILES string of the molecule is CCOC(C)C(=O)c1ccc(C2CCC2)cc1. The third-order valence-electron chi connectivity index (χ3n) is 3.56. The third kappa shape index (κ3) is 2.75. The standard InChI is InChI=1S/C15H20O2/c1-3-17-11(2)15(16)14-9-7-13(8-10-14)12-5-4-6-12/h7-12H,3-6H2,1-2H3. The minimum Gasteiger partial charge on any atom is -0.371 e. The van der Waals surface area contributed by atoms with Gasteiger partial charge in [-0.25, -0.2) is 0 Å². The lowest BCUT2D eigenvalue weighted by Gasteiger charge is -2.25. The summed E-state index contributed by atoms with van der Waals surface area (Å²) in [6.07, 6.45) is 3.59. The number of rotatable bonds is 5. The van der Waals surface area contributed by atoms with E-state index in [1.807, 2.05) is 26.0 Å². The van der Waals surface area contributed by atoms with Gasteiger partial charge in [-0.15, -0.1) is 0 Å². The fraction of sp³-hybridized carbons (Fsp3) is 0.533. The Kier molecular flexibility index (Phi) is 3.95. The highest BCUT2D eigenvalue weighted by molar-refractivity contribution is 5.99. The smallest absolute Gasteiger partial charge is 0.191 e. The summed E-state index contributed by atoms with van der Waals surface area (Å²) in [6.45, 7) is 4.29. The van der Waals surface area contributed by atoms with E-state index in [-0.39, 0.29) is 11.9 Å². The summed E-state index contributed by atoms with van der Waals surface area (Å²) in [5.41, 5.74) is 2.13. The predicted octanol–water partition coefficient (Wildman–Crippen LogP) is 3.56. The Bertz CT molecular complexity index is 376. The molecule has 1 aromatic rings. The van der Waals surface area contributed by atoms with Gasteiger partial charge in [0.1, 0.15) is 6.10 Å². The van der Waals surface area contributed by atoms with Crippen molar-refractivity contribution in [3.63, 3.8) is 0 Å². The highest BCUT2D eigenvalue weighted by atomic mass is 16.5. The average Bonchev–Trinajstić information content (AvgIpc) is 2.27. The molecular weight excluding hydrogens is 212 g/mol. The first-order chi connectivity index (χ1) is 8.22. The van der Waals surface area contributed by atoms with Gasteiger partial charge < -0.3 is 4.74 Å². The molecule has 1 aliphatic carbocycles. The molecule has 1 fully saturated rings. The molecule has 0 N–H and O–H groups in total. The van der Waals surface area contributed by atoms with Crippen molar-refractivity contribution in [1.29, 1.82) is 0 Å². The number of benzene rings is 1. The van der Waals surface area contributed by atoms with Crippen LogP contribution in [-0.4, -0.2) is 18.5 Å². The lowest BCUT2D eigenvalue weighted by molar-refractivity contribution is 0.0520. The summed E-state index contributed by atoms with van der Waals surface area (Å²) < 4.78 is 5.32. The van der Waals surface area contributed by atoms with E-state index in [4.69, 9.17) is 4.74 Å². The van der Waals surface area contributed by atoms with Gasteiger partial charge in [0.25, 0.3) is 0 Å². The lowest BCUT2D eigenvalue weighted by atomic mass is 9.80. The van der Waals surface area contributed by atoms with Crippen LogP contribution in [0.15, 0.2) is 24.3 Å². The van der Waals surface area contributed by atoms with Crippen molar-refractivity contribution in [3.05, 3.63) is 35.4 Å². The molecule has 0 heterocycles. The van der Waals surface area contributed by atoms with Crippen LogP contribution in [0.2, 0.25) is 0 Å². The van der Waals surface area contributed by atoms with Gasteiger partial charge in [-0.3, -0.25) is 4.79 Å². The summed E-state index contributed by atoms with van der Waals surface area (Å²) in [5.74, 6) is 0.801. The molecule has 1 unspecified atom stereocenters. The van der Waals surface area contributed by atoms with Crippen LogP contribution in [0.1, 0.15) is 54.9 Å². The van der Waals surface area contributed by atoms with Gasteiger partial charge in [0, 0.05) is 12.2 Å². The van der Waals surface area contributed by atoms with E-state index in [1.54, 1.807) is 0 Å². The van der Waals surface area contributed by atoms with Crippen LogP contribution >= 0.6 is 0 Å². The molecule has 0 spiro atoms. The average molecular weight is 232 g/mol. The van der Waals surface area contributed by atoms with Crippen molar-refractivity contribution in [2.24, 2.45) is 0 Å². The van der Waals surface area contributed by atoms with E-state index in [9.17, 15) is 4.79 Å². The monoisotopic (exact) mass is 232 g/mol. The minimum atomic E-state index is -0.338. The van der Waals surface area contributed by atoms with Gasteiger partial charge >= 0.3 is 0 Å². The fourth-order valence-corrected chi connectivity index (χ4v) is 2.22. The number of carbonyl (C=O) groups is 1. The molecule has 92 valence electrons. The molecule has 1 saturated carbocycles. The summed E-state index contributed by atoms with van der Waals surface area (Å²) >= 11 is 0. The van der Waals surface area contributed by atoms with Gasteiger partial charge in [0.15, 0.2) is 5.78 Å². The van der Waals surface area contributed by atoms with E-state index in [0.29, 0.717) is 6.61 Å². The van der Waals surface area contributed by atoms with Crippen LogP contribution in [0.5, 0.6) is 0 Å². The summed E-state index contributed by atoms with van der Waals surface area (Å²) in [6, 6.07) is 8.06. The van der Waals surface area contributed by atoms with Gasteiger partial charge in [-0.05, 0) is 38.2 Å². The quantitative estimate of drug-likeness (QED) is 0.725. The van der Waals surface area contributed by atoms with E-state index in [2.05, 4.69) is 12.1 Å². The minimum absolute atomic E-state index is 0.0759. The Morgan fingerprint density at radius 1 is 1.35 bits per heavy atom. The summed E-state index contributed by atoms with van der Waals surface area (Å²) in [5, 5.41) is 0. The van der Waals surface area contributed by atoms with Crippen LogP contribution in [0, 0.1) is 0 Å². The molecule has 0 radical (unpaired) electrons. The second-order valence-corrected chi connectivity index (χ2v) is 4.71. The predicted molar refractivity (Wildman–Crippen MR) is 68.5 cm³/mol. The Labute approximate surface area is 103 Å². The van der Waals surface area contributed by atoms with Gasteiger partial charge in [0.05, 0.1) is 0 Å². The van der Waals surface area contributed by atoms with Crippen molar-refractivity contribution in [3.8, 4) is 0 Å². The highest BCUT2D eigenvalue weighted by Gasteiger charge is 2.20. The van der Waals surface area contributed by atoms with E-state index in [1.165, 1.54) is 24.8 Å². The molecule has 0 aromatic heterocycles. The highest BCUT2D eigenvalue weighted by Crippen LogP contribution is 2.36. The first-order valence-electron chi connectivity index (χ1n) is 6.48. The number of Topliss-reactive ketones (excluding diaryl/α,β-unsaturated/α-hetero) is 1. The molecule has 1 aromatic carbocycles. The van der Waals surface area contributed by atoms with Crippen molar-refractivity contribution >= 4 is 5.78 Å². The first kappa shape index (κ1) is 12.3. The largest absolute Gasteiger partial charge is 0.371 e. The fourth-order valence-electron chi connectivity index (χ4n) is 2.22. The number of hydrogen-bond donors (Lipinski definition) is 0. The molecule has 2 heteroatoms. The maximum Gasteiger partial charge on any atom is 0.191 e. The van der Waals surface area contributed by atoms with Crippen molar-refractivity contribution in [2.75, 3.05) is 6.61 Å². The Balaban J connectivity index is 2.03. The molecule has 17 heavy (non-hydrogen) atoms. The Hall–Kier alpha value is -1.15. The Morgan fingerprint density at radius 2 is 2.00 bits per heavy atom. The molecule has 1 atom stereocenters. The summed E-state index contributed by atoms with van der Waals surface area (Å²) in [4.78, 5) is 12.0. The Morgan fingerprint density at radius 3 is 2.47 bits per heavy atom. The second kappa shape index (κ2) is 5.46. The van der Waals surface area contributed by atoms with Crippen LogP contribution in [0.3, 0.4) is 0 Å². The normalized spacial score (nSPS) is 17.5. The van der Waals surface area contributed by atoms with E-state index in [0.717, 1.165) is 11.5 Å². The molecule has 0 bridgehead atoms. The second-order valence-electron chi connectivity index (χ2n) is 4.71. The molecule has 0 saturated heterocycles. The zero-order valence-corrected chi connectivity index (χ0v) is 10.6. The van der Waals surface area contributed by atoms with E-state index >= 15 is 0 Å². The van der Waals surface area contributed by atoms with Gasteiger partial charge in [-0.1, -0.05) is 30.7 Å². The molecule has 2 nitrogen and oxygen atoms in total. The molecule has 0 amide bonds. The number of carbonyl (C=O) groups excluding carboxylic acids is 1. The van der Waals surface area contributed by atoms with Crippen molar-refractivity contribution in [2.45, 2.75) is 45.1 Å². The van der Waals surface area contributed by atoms with Gasteiger partial charge in [-0.2, -0.15) is 0 Å². The van der Waals surface area contributed by atoms with Crippen LogP contribution < -0.4 is 0 Å². The molecule has 1 aliphatic rings. The number of ether oxygens (including phenoxy) is 1. The summed E-state index contributed by atoms with van der Waals surface area (Å²) in [7, 11) is 0. The maximum absolute atomic E-state index is 12.0. The van der Waals surface area contributed by atoms with Crippen molar-refractivity contribution < 1.29 is 9.53 Å². The molecular formula is C15H20O2.